The van der Waals surface area contributed by atoms with E-state index in [2.05, 4.69) is 11.7 Å². The van der Waals surface area contributed by atoms with E-state index in [4.69, 9.17) is 11.1 Å². The number of benzene rings is 1. The van der Waals surface area contributed by atoms with Crippen LogP contribution in [0.5, 0.6) is 0 Å². The molecule has 55 valence electrons. The Balaban J connectivity index is 3.10. The van der Waals surface area contributed by atoms with E-state index in [0.29, 0.717) is 5.56 Å². The van der Waals surface area contributed by atoms with Crippen LogP contribution in [-0.2, 0) is 0 Å². The Morgan fingerprint density at radius 2 is 2.27 bits per heavy atom. The smallest absolute Gasteiger partial charge is 0.277 e. The van der Waals surface area contributed by atoms with Crippen LogP contribution in [0.25, 0.3) is 0 Å². The lowest BCUT2D eigenvalue weighted by molar-refractivity contribution is 1.37. The summed E-state index contributed by atoms with van der Waals surface area (Å²) in [7, 11) is 0. The summed E-state index contributed by atoms with van der Waals surface area (Å²) < 4.78 is 0. The minimum absolute atomic E-state index is 0.0514. The number of rotatable bonds is 2. The average Bonchev–Trinajstić information content (AvgIpc) is 2.05. The predicted octanol–water partition coefficient (Wildman–Crippen LogP) is 0.639. The van der Waals surface area contributed by atoms with E-state index in [1.807, 2.05) is 0 Å². The van der Waals surface area contributed by atoms with E-state index in [1.54, 1.807) is 24.3 Å². The van der Waals surface area contributed by atoms with Crippen LogP contribution in [0.4, 0.5) is 5.69 Å². The third-order valence-corrected chi connectivity index (χ3v) is 1.34. The molecule has 1 radical (unpaired) electrons. The number of hydrogen-bond donors (Lipinski definition) is 2. The molecule has 0 saturated heterocycles. The van der Waals surface area contributed by atoms with Crippen molar-refractivity contribution in [3.63, 3.8) is 0 Å². The van der Waals surface area contributed by atoms with Gasteiger partial charge in [0.05, 0.1) is 4.99 Å². The molecule has 0 aliphatic carbocycles. The number of aliphatic imine (C=N–C) groups is 1. The van der Waals surface area contributed by atoms with Crippen molar-refractivity contribution in [2.24, 2.45) is 5.73 Å². The van der Waals surface area contributed by atoms with Gasteiger partial charge in [-0.15, -0.1) is 0 Å². The van der Waals surface area contributed by atoms with Gasteiger partial charge in [-0.05, 0) is 0 Å². The van der Waals surface area contributed by atoms with Gasteiger partial charge in [-0.1, -0.05) is 12.1 Å². The largest absolute Gasteiger partial charge is 0.384 e. The first-order chi connectivity index (χ1) is 5.24. The molecule has 0 amide bonds. The van der Waals surface area contributed by atoms with Crippen LogP contribution in [0, 0.1) is 5.41 Å². The van der Waals surface area contributed by atoms with Gasteiger partial charge in [0.15, 0.2) is 0 Å². The van der Waals surface area contributed by atoms with E-state index in [9.17, 15) is 0 Å². The van der Waals surface area contributed by atoms with Crippen LogP contribution in [-0.4, -0.2) is 12.6 Å². The molecule has 3 heteroatoms. The maximum absolute atomic E-state index is 7.12. The molecule has 11 heavy (non-hydrogen) atoms. The van der Waals surface area contributed by atoms with Crippen molar-refractivity contribution >= 4 is 18.2 Å². The first-order valence-corrected chi connectivity index (χ1v) is 3.15. The molecule has 0 saturated carbocycles. The van der Waals surface area contributed by atoms with E-state index in [1.165, 1.54) is 0 Å². The molecule has 1 aromatic rings. The third-order valence-electron chi connectivity index (χ3n) is 1.34. The van der Waals surface area contributed by atoms with Gasteiger partial charge in [-0.2, -0.15) is 0 Å². The fraction of sp³-hybridized carbons (Fsp3) is 0. The lowest BCUT2D eigenvalue weighted by Crippen LogP contribution is -2.10. The highest BCUT2D eigenvalue weighted by molar-refractivity contribution is 5.95. The standard InChI is InChI=1S/C8H9N3/c1-11-7-4-2-3-6(5-7)8(9)10/h2-5H,1H2,(H3,9,10)/q+1. The van der Waals surface area contributed by atoms with Crippen molar-refractivity contribution in [1.29, 1.82) is 5.41 Å². The summed E-state index contributed by atoms with van der Waals surface area (Å²) in [5, 5.41) is 7.12. The van der Waals surface area contributed by atoms with Gasteiger partial charge in [0.2, 0.25) is 6.72 Å². The summed E-state index contributed by atoms with van der Waals surface area (Å²) in [6.07, 6.45) is 0. The van der Waals surface area contributed by atoms with Crippen molar-refractivity contribution in [1.82, 2.24) is 4.99 Å². The molecule has 1 rings (SSSR count). The first kappa shape index (κ1) is 7.47. The number of nitrogens with two attached hydrogens (primary N) is 1. The summed E-state index contributed by atoms with van der Waals surface area (Å²) in [6, 6.07) is 7.08. The molecular formula is C8H9N3+. The highest BCUT2D eigenvalue weighted by Crippen LogP contribution is 2.07. The predicted molar refractivity (Wildman–Crippen MR) is 46.4 cm³/mol. The number of nitrogen functional groups attached to an aromatic ring is 1. The summed E-state index contributed by atoms with van der Waals surface area (Å²) in [5.41, 5.74) is 6.67. The Bertz CT molecular complexity index is 291. The van der Waals surface area contributed by atoms with E-state index in [0.717, 1.165) is 5.69 Å². The molecule has 1 aromatic carbocycles. The molecule has 0 aliphatic rings. The number of hydrogen-bond acceptors (Lipinski definition) is 2. The molecular weight excluding hydrogens is 138 g/mol. The monoisotopic (exact) mass is 147 g/mol. The van der Waals surface area contributed by atoms with Crippen molar-refractivity contribution in [2.75, 3.05) is 0 Å². The van der Waals surface area contributed by atoms with Gasteiger partial charge in [-0.25, -0.2) is 0 Å². The zero-order valence-corrected chi connectivity index (χ0v) is 6.04. The van der Waals surface area contributed by atoms with Crippen LogP contribution in [0.15, 0.2) is 24.3 Å². The average molecular weight is 147 g/mol. The Morgan fingerprint density at radius 3 is 2.82 bits per heavy atom. The SMILES string of the molecule is C=[N+]c1cccc(C(=N)N)c1. The van der Waals surface area contributed by atoms with E-state index in [-0.39, 0.29) is 5.84 Å². The van der Waals surface area contributed by atoms with Gasteiger partial charge in [0, 0.05) is 17.7 Å². The highest BCUT2D eigenvalue weighted by Gasteiger charge is 2.01. The van der Waals surface area contributed by atoms with Crippen LogP contribution in [0.1, 0.15) is 5.56 Å². The zero-order chi connectivity index (χ0) is 8.27. The molecule has 0 aliphatic heterocycles. The third kappa shape index (κ3) is 1.64. The second kappa shape index (κ2) is 2.96. The Morgan fingerprint density at radius 1 is 1.55 bits per heavy atom. The van der Waals surface area contributed by atoms with Crippen LogP contribution in [0.2, 0.25) is 0 Å². The molecule has 0 aromatic heterocycles. The molecule has 0 atom stereocenters. The quantitative estimate of drug-likeness (QED) is 0.468. The molecule has 3 N–H and O–H groups in total. The van der Waals surface area contributed by atoms with Crippen molar-refractivity contribution in [3.8, 4) is 0 Å². The molecule has 0 bridgehead atoms. The maximum Gasteiger partial charge on any atom is 0.277 e. The van der Waals surface area contributed by atoms with Gasteiger partial charge in [0.1, 0.15) is 5.84 Å². The number of amidine groups is 1. The summed E-state index contributed by atoms with van der Waals surface area (Å²) >= 11 is 0. The van der Waals surface area contributed by atoms with Crippen LogP contribution < -0.4 is 10.7 Å². The minimum atomic E-state index is 0.0514. The molecule has 0 spiro atoms. The molecule has 0 fully saturated rings. The summed E-state index contributed by atoms with van der Waals surface area (Å²) in [6.45, 7) is 3.37. The van der Waals surface area contributed by atoms with Gasteiger partial charge < -0.3 is 5.73 Å². The highest BCUT2D eigenvalue weighted by atomic mass is 14.7. The van der Waals surface area contributed by atoms with Crippen molar-refractivity contribution in [3.05, 3.63) is 29.8 Å². The maximum atomic E-state index is 7.12. The first-order valence-electron chi connectivity index (χ1n) is 3.15. The normalized spacial score (nSPS) is 9.09. The lowest BCUT2D eigenvalue weighted by atomic mass is 10.2. The fourth-order valence-electron chi connectivity index (χ4n) is 0.772. The summed E-state index contributed by atoms with van der Waals surface area (Å²) in [5.74, 6) is 0.0514. The second-order valence-electron chi connectivity index (χ2n) is 2.12. The Labute approximate surface area is 65.1 Å². The van der Waals surface area contributed by atoms with Crippen LogP contribution in [0.3, 0.4) is 0 Å². The van der Waals surface area contributed by atoms with E-state index >= 15 is 0 Å². The zero-order valence-electron chi connectivity index (χ0n) is 6.04. The summed E-state index contributed by atoms with van der Waals surface area (Å²) in [4.78, 5) is 3.71. The Hall–Kier alpha value is -1.64. The Kier molecular flexibility index (Phi) is 2.01. The van der Waals surface area contributed by atoms with Crippen molar-refractivity contribution in [2.45, 2.75) is 0 Å². The van der Waals surface area contributed by atoms with Crippen molar-refractivity contribution < 1.29 is 0 Å². The molecule has 3 nitrogen and oxygen atoms in total. The van der Waals surface area contributed by atoms with E-state index < -0.39 is 0 Å². The second-order valence-corrected chi connectivity index (χ2v) is 2.12. The van der Waals surface area contributed by atoms with Gasteiger partial charge in [0.25, 0.3) is 5.69 Å². The van der Waals surface area contributed by atoms with Gasteiger partial charge >= 0.3 is 0 Å². The number of nitrogens with zero attached hydrogens (tertiary/aromatic N) is 1. The molecule has 0 unspecified atom stereocenters. The van der Waals surface area contributed by atoms with Gasteiger partial charge in [-0.3, -0.25) is 5.41 Å². The number of nitrogens with one attached hydrogen (secondary N) is 1. The van der Waals surface area contributed by atoms with Crippen LogP contribution >= 0.6 is 0 Å². The minimum Gasteiger partial charge on any atom is -0.384 e. The molecule has 0 heterocycles. The topological polar surface area (TPSA) is 64.0 Å². The fourth-order valence-corrected chi connectivity index (χ4v) is 0.772. The lowest BCUT2D eigenvalue weighted by Gasteiger charge is -1.93.